The number of benzene rings is 1. The average Bonchev–Trinajstić information content (AvgIpc) is 3.35. The van der Waals surface area contributed by atoms with Gasteiger partial charge < -0.3 is 14.4 Å². The van der Waals surface area contributed by atoms with Gasteiger partial charge in [-0.05, 0) is 24.3 Å². The number of rotatable bonds is 5. The van der Waals surface area contributed by atoms with Crippen LogP contribution in [0.5, 0.6) is 11.6 Å². The first kappa shape index (κ1) is 18.0. The highest BCUT2D eigenvalue weighted by molar-refractivity contribution is 5.94. The zero-order valence-corrected chi connectivity index (χ0v) is 15.9. The number of methoxy groups -OCH3 is 1. The van der Waals surface area contributed by atoms with Crippen molar-refractivity contribution in [2.75, 3.05) is 20.2 Å². The number of carbonyl (C=O) groups excluding carboxylic acids is 1. The molecule has 144 valence electrons. The molecule has 1 aromatic carbocycles. The Labute approximate surface area is 163 Å². The van der Waals surface area contributed by atoms with Crippen LogP contribution in [0.1, 0.15) is 16.9 Å². The molecule has 0 bridgehead atoms. The van der Waals surface area contributed by atoms with Gasteiger partial charge >= 0.3 is 0 Å². The summed E-state index contributed by atoms with van der Waals surface area (Å²) >= 11 is 0. The fourth-order valence-corrected chi connectivity index (χ4v) is 3.35. The first-order chi connectivity index (χ1) is 13.6. The molecule has 28 heavy (non-hydrogen) atoms. The summed E-state index contributed by atoms with van der Waals surface area (Å²) in [4.78, 5) is 19.0. The third-order valence-electron chi connectivity index (χ3n) is 4.82. The molecule has 1 saturated heterocycles. The molecule has 1 aliphatic rings. The third-order valence-corrected chi connectivity index (χ3v) is 4.82. The Bertz CT molecular complexity index is 971. The summed E-state index contributed by atoms with van der Waals surface area (Å²) in [5.41, 5.74) is 2.20. The fourth-order valence-electron chi connectivity index (χ4n) is 3.35. The minimum atomic E-state index is -0.0510. The third kappa shape index (κ3) is 3.69. The van der Waals surface area contributed by atoms with Crippen LogP contribution in [0.3, 0.4) is 0 Å². The Morgan fingerprint density at radius 1 is 1.18 bits per heavy atom. The molecule has 1 unspecified atom stereocenters. The monoisotopic (exact) mass is 378 g/mol. The highest BCUT2D eigenvalue weighted by atomic mass is 16.5. The van der Waals surface area contributed by atoms with Gasteiger partial charge in [-0.25, -0.2) is 4.98 Å². The van der Waals surface area contributed by atoms with Crippen molar-refractivity contribution in [2.45, 2.75) is 12.5 Å². The lowest BCUT2D eigenvalue weighted by Gasteiger charge is -2.16. The summed E-state index contributed by atoms with van der Waals surface area (Å²) in [6.07, 6.45) is 2.43. The van der Waals surface area contributed by atoms with E-state index in [1.54, 1.807) is 29.9 Å². The van der Waals surface area contributed by atoms with E-state index in [0.29, 0.717) is 24.7 Å². The SMILES string of the molecule is COc1cccc(-c2cc(C(=O)N3CCC(Oc4ccccn4)C3)n(C)n2)c1. The molecule has 4 rings (SSSR count). The Morgan fingerprint density at radius 3 is 2.86 bits per heavy atom. The molecule has 1 amide bonds. The number of nitrogens with zero attached hydrogens (tertiary/aromatic N) is 4. The van der Waals surface area contributed by atoms with Gasteiger partial charge in [0.15, 0.2) is 0 Å². The molecule has 7 nitrogen and oxygen atoms in total. The Morgan fingerprint density at radius 2 is 2.07 bits per heavy atom. The first-order valence-corrected chi connectivity index (χ1v) is 9.19. The van der Waals surface area contributed by atoms with Gasteiger partial charge in [-0.1, -0.05) is 18.2 Å². The summed E-state index contributed by atoms with van der Waals surface area (Å²) in [5, 5.41) is 4.51. The Kier molecular flexibility index (Phi) is 4.97. The maximum absolute atomic E-state index is 13.0. The van der Waals surface area contributed by atoms with E-state index < -0.39 is 0 Å². The van der Waals surface area contributed by atoms with Crippen molar-refractivity contribution in [1.82, 2.24) is 19.7 Å². The second-order valence-corrected chi connectivity index (χ2v) is 6.72. The minimum Gasteiger partial charge on any atom is -0.497 e. The molecule has 3 heterocycles. The highest BCUT2D eigenvalue weighted by Gasteiger charge is 2.30. The van der Waals surface area contributed by atoms with E-state index in [0.717, 1.165) is 23.4 Å². The van der Waals surface area contributed by atoms with Crippen molar-refractivity contribution in [3.63, 3.8) is 0 Å². The van der Waals surface area contributed by atoms with Gasteiger partial charge in [0.05, 0.1) is 19.3 Å². The Balaban J connectivity index is 1.47. The van der Waals surface area contributed by atoms with Gasteiger partial charge in [0.25, 0.3) is 5.91 Å². The number of aryl methyl sites for hydroxylation is 1. The van der Waals surface area contributed by atoms with Gasteiger partial charge in [-0.2, -0.15) is 5.10 Å². The van der Waals surface area contributed by atoms with E-state index >= 15 is 0 Å². The molecule has 1 aliphatic heterocycles. The summed E-state index contributed by atoms with van der Waals surface area (Å²) in [6.45, 7) is 1.19. The lowest BCUT2D eigenvalue weighted by atomic mass is 10.1. The largest absolute Gasteiger partial charge is 0.497 e. The van der Waals surface area contributed by atoms with Crippen LogP contribution in [0.25, 0.3) is 11.3 Å². The second-order valence-electron chi connectivity index (χ2n) is 6.72. The van der Waals surface area contributed by atoms with E-state index in [1.165, 1.54) is 0 Å². The van der Waals surface area contributed by atoms with Crippen LogP contribution >= 0.6 is 0 Å². The van der Waals surface area contributed by atoms with Crippen molar-refractivity contribution >= 4 is 5.91 Å². The lowest BCUT2D eigenvalue weighted by Crippen LogP contribution is -2.32. The predicted molar refractivity (Wildman–Crippen MR) is 104 cm³/mol. The molecule has 1 fully saturated rings. The molecule has 3 aromatic rings. The number of amides is 1. The summed E-state index contributed by atoms with van der Waals surface area (Å²) in [7, 11) is 3.41. The zero-order valence-electron chi connectivity index (χ0n) is 15.9. The van der Waals surface area contributed by atoms with Crippen LogP contribution < -0.4 is 9.47 Å². The van der Waals surface area contributed by atoms with Crippen LogP contribution in [0, 0.1) is 0 Å². The second kappa shape index (κ2) is 7.72. The summed E-state index contributed by atoms with van der Waals surface area (Å²) in [5.74, 6) is 1.30. The normalized spacial score (nSPS) is 16.2. The van der Waals surface area contributed by atoms with E-state index in [2.05, 4.69) is 10.1 Å². The van der Waals surface area contributed by atoms with Gasteiger partial charge in [0, 0.05) is 37.8 Å². The van der Waals surface area contributed by atoms with Crippen LogP contribution in [0.4, 0.5) is 0 Å². The summed E-state index contributed by atoms with van der Waals surface area (Å²) < 4.78 is 12.8. The number of likely N-dealkylation sites (tertiary alicyclic amines) is 1. The van der Waals surface area contributed by atoms with Gasteiger partial charge in [-0.15, -0.1) is 0 Å². The quantitative estimate of drug-likeness (QED) is 0.683. The van der Waals surface area contributed by atoms with Gasteiger partial charge in [0.1, 0.15) is 17.5 Å². The number of hydrogen-bond acceptors (Lipinski definition) is 5. The molecule has 0 aliphatic carbocycles. The van der Waals surface area contributed by atoms with Gasteiger partial charge in [0.2, 0.25) is 5.88 Å². The Hall–Kier alpha value is -3.35. The number of aromatic nitrogens is 3. The maximum Gasteiger partial charge on any atom is 0.272 e. The van der Waals surface area contributed by atoms with Gasteiger partial charge in [-0.3, -0.25) is 9.48 Å². The first-order valence-electron chi connectivity index (χ1n) is 9.19. The van der Waals surface area contributed by atoms with Crippen LogP contribution in [0.2, 0.25) is 0 Å². The van der Waals surface area contributed by atoms with E-state index in [-0.39, 0.29) is 12.0 Å². The standard InChI is InChI=1S/C21H22N4O3/c1-24-19(13-18(23-24)15-6-5-7-16(12-15)27-2)21(26)25-11-9-17(14-25)28-20-8-3-4-10-22-20/h3-8,10,12-13,17H,9,11,14H2,1-2H3. The fraction of sp³-hybridized carbons (Fsp3) is 0.286. The molecule has 2 aromatic heterocycles. The molecule has 0 radical (unpaired) electrons. The number of pyridine rings is 1. The predicted octanol–water partition coefficient (Wildman–Crippen LogP) is 2.78. The van der Waals surface area contributed by atoms with Crippen LogP contribution in [-0.2, 0) is 7.05 Å². The molecule has 0 saturated carbocycles. The van der Waals surface area contributed by atoms with Crippen molar-refractivity contribution in [1.29, 1.82) is 0 Å². The number of ether oxygens (including phenoxy) is 2. The molecule has 7 heteroatoms. The van der Waals surface area contributed by atoms with Crippen molar-refractivity contribution in [2.24, 2.45) is 7.05 Å². The summed E-state index contributed by atoms with van der Waals surface area (Å²) in [6, 6.07) is 15.0. The molecular weight excluding hydrogens is 356 g/mol. The van der Waals surface area contributed by atoms with Crippen molar-refractivity contribution in [3.05, 3.63) is 60.4 Å². The number of hydrogen-bond donors (Lipinski definition) is 0. The average molecular weight is 378 g/mol. The smallest absolute Gasteiger partial charge is 0.272 e. The minimum absolute atomic E-state index is 0.0451. The van der Waals surface area contributed by atoms with E-state index in [9.17, 15) is 4.79 Å². The van der Waals surface area contributed by atoms with E-state index in [1.807, 2.05) is 48.5 Å². The highest BCUT2D eigenvalue weighted by Crippen LogP contribution is 2.25. The molecule has 0 spiro atoms. The van der Waals surface area contributed by atoms with Crippen LogP contribution in [-0.4, -0.2) is 51.9 Å². The van der Waals surface area contributed by atoms with Crippen LogP contribution in [0.15, 0.2) is 54.7 Å². The molecule has 1 atom stereocenters. The van der Waals surface area contributed by atoms with Crippen molar-refractivity contribution < 1.29 is 14.3 Å². The zero-order chi connectivity index (χ0) is 19.5. The molecular formula is C21H22N4O3. The maximum atomic E-state index is 13.0. The topological polar surface area (TPSA) is 69.5 Å². The lowest BCUT2D eigenvalue weighted by molar-refractivity contribution is 0.0760. The molecule has 0 N–H and O–H groups in total. The van der Waals surface area contributed by atoms with Crippen molar-refractivity contribution in [3.8, 4) is 22.9 Å². The van der Waals surface area contributed by atoms with E-state index in [4.69, 9.17) is 9.47 Å². The number of carbonyl (C=O) groups is 1.